The number of hydrogen-bond acceptors (Lipinski definition) is 10. The lowest BCUT2D eigenvalue weighted by molar-refractivity contribution is -0.212. The highest BCUT2D eigenvalue weighted by molar-refractivity contribution is 9.11. The molecule has 8 aliphatic carbocycles. The zero-order valence-corrected chi connectivity index (χ0v) is 50.3. The summed E-state index contributed by atoms with van der Waals surface area (Å²) >= 11 is 7.65. The lowest BCUT2D eigenvalue weighted by Gasteiger charge is -2.59. The van der Waals surface area contributed by atoms with Crippen LogP contribution in [0.4, 0.5) is 0 Å². The smallest absolute Gasteiger partial charge is 0.254 e. The molecule has 0 spiro atoms. The van der Waals surface area contributed by atoms with Crippen LogP contribution in [0.2, 0.25) is 0 Å². The van der Waals surface area contributed by atoms with Gasteiger partial charge in [-0.3, -0.25) is 19.2 Å². The summed E-state index contributed by atoms with van der Waals surface area (Å²) in [6.45, 7) is 18.0. The molecule has 4 heterocycles. The first-order valence-corrected chi connectivity index (χ1v) is 29.6. The largest absolute Gasteiger partial charge is 0.448 e. The van der Waals surface area contributed by atoms with Gasteiger partial charge in [-0.1, -0.05) is 23.3 Å². The fraction of sp³-hybridized carbons (Fsp3) is 0.613. The molecule has 12 aliphatic rings. The standard InChI is InChI=1S/2C31H39BrN2O4/c2*1-18-15-19(2)22(23(35)16-18)17-34-14-7-21-24(28(34)36)20(3)26-27(25(21)32)38-29(4,37-26)30-8-11-31(12-9-30,13-10-30)33(5)6/h2*15H,7-14,16-17H2,1-6H3/t2*29-,30?,31?/m10/s1. The van der Waals surface area contributed by atoms with Crippen molar-refractivity contribution in [2.75, 3.05) is 54.4 Å². The molecule has 0 N–H and O–H groups in total. The average Bonchev–Trinajstić information content (AvgIpc) is 4.16. The first-order chi connectivity index (χ1) is 35.8. The van der Waals surface area contributed by atoms with Crippen LogP contribution >= 0.6 is 31.9 Å². The van der Waals surface area contributed by atoms with Crippen LogP contribution in [0, 0.1) is 24.7 Å². The summed E-state index contributed by atoms with van der Waals surface area (Å²) < 4.78 is 28.8. The number of ketones is 2. The Morgan fingerprint density at radius 3 is 1.12 bits per heavy atom. The Balaban J connectivity index is 0.000000162. The number of hydrogen-bond donors (Lipinski definition) is 0. The van der Waals surface area contributed by atoms with Gasteiger partial charge in [0.05, 0.1) is 20.1 Å². The van der Waals surface area contributed by atoms with Gasteiger partial charge in [-0.25, -0.2) is 0 Å². The zero-order valence-electron chi connectivity index (χ0n) is 47.1. The van der Waals surface area contributed by atoms with Crippen LogP contribution < -0.4 is 18.9 Å². The van der Waals surface area contributed by atoms with Gasteiger partial charge in [-0.15, -0.1) is 0 Å². The minimum atomic E-state index is -0.755. The minimum Gasteiger partial charge on any atom is -0.448 e. The van der Waals surface area contributed by atoms with E-state index in [-0.39, 0.29) is 34.2 Å². The molecule has 14 rings (SSSR count). The van der Waals surface area contributed by atoms with Gasteiger partial charge < -0.3 is 38.5 Å². The fourth-order valence-electron chi connectivity index (χ4n) is 15.8. The second kappa shape index (κ2) is 18.7. The summed E-state index contributed by atoms with van der Waals surface area (Å²) in [6, 6.07) is 0. The van der Waals surface area contributed by atoms with E-state index in [4.69, 9.17) is 18.9 Å². The first kappa shape index (κ1) is 53.7. The summed E-state index contributed by atoms with van der Waals surface area (Å²) in [4.78, 5) is 61.8. The van der Waals surface area contributed by atoms with E-state index in [1.54, 1.807) is 0 Å². The molecule has 2 aromatic carbocycles. The number of allylic oxidation sites excluding steroid dienone is 6. The average molecular weight is 1170 g/mol. The van der Waals surface area contributed by atoms with Crippen molar-refractivity contribution >= 4 is 55.2 Å². The predicted molar refractivity (Wildman–Crippen MR) is 302 cm³/mol. The molecule has 0 unspecified atom stereocenters. The van der Waals surface area contributed by atoms with Gasteiger partial charge in [0.2, 0.25) is 0 Å². The summed E-state index contributed by atoms with van der Waals surface area (Å²) in [5.74, 6) is 1.55. The third kappa shape index (κ3) is 8.10. The van der Waals surface area contributed by atoms with Crippen molar-refractivity contribution in [3.05, 3.63) is 87.9 Å². The van der Waals surface area contributed by atoms with E-state index in [0.29, 0.717) is 85.6 Å². The molecule has 76 heavy (non-hydrogen) atoms. The third-order valence-corrected chi connectivity index (χ3v) is 22.9. The van der Waals surface area contributed by atoms with E-state index in [2.05, 4.69) is 95.8 Å². The molecule has 4 aliphatic heterocycles. The Bertz CT molecular complexity index is 2800. The van der Waals surface area contributed by atoms with Crippen molar-refractivity contribution in [3.63, 3.8) is 0 Å². The molecule has 6 saturated carbocycles. The maximum Gasteiger partial charge on any atom is 0.254 e. The molecule has 0 radical (unpaired) electrons. The topological polar surface area (TPSA) is 118 Å². The van der Waals surface area contributed by atoms with Crippen molar-refractivity contribution in [2.45, 2.75) is 181 Å². The van der Waals surface area contributed by atoms with Gasteiger partial charge in [-0.2, -0.15) is 0 Å². The molecular weight excluding hydrogens is 1090 g/mol. The van der Waals surface area contributed by atoms with Crippen molar-refractivity contribution in [1.29, 1.82) is 0 Å². The van der Waals surface area contributed by atoms with E-state index >= 15 is 0 Å². The maximum atomic E-state index is 13.9. The molecule has 0 aromatic heterocycles. The third-order valence-electron chi connectivity index (χ3n) is 21.2. The number of ether oxygens (including phenoxy) is 4. The molecule has 0 saturated heterocycles. The monoisotopic (exact) mass is 1160 g/mol. The molecule has 12 nitrogen and oxygen atoms in total. The van der Waals surface area contributed by atoms with Gasteiger partial charge in [0.25, 0.3) is 23.4 Å². The fourth-order valence-corrected chi connectivity index (χ4v) is 17.1. The quantitative estimate of drug-likeness (QED) is 0.253. The normalized spacial score (nSPS) is 32.3. The van der Waals surface area contributed by atoms with Crippen LogP contribution in [0.5, 0.6) is 23.0 Å². The molecular formula is C62H78Br2N4O8. The van der Waals surface area contributed by atoms with Crippen LogP contribution in [-0.4, -0.2) is 120 Å². The number of halogens is 2. The Morgan fingerprint density at radius 1 is 0.500 bits per heavy atom. The highest BCUT2D eigenvalue weighted by atomic mass is 79.9. The van der Waals surface area contributed by atoms with Gasteiger partial charge in [0, 0.05) is 97.0 Å². The minimum absolute atomic E-state index is 0.0342. The zero-order chi connectivity index (χ0) is 54.4. The van der Waals surface area contributed by atoms with Gasteiger partial charge in [-0.05, 0) is 214 Å². The molecule has 2 amide bonds. The van der Waals surface area contributed by atoms with Crippen molar-refractivity contribution in [2.24, 2.45) is 10.8 Å². The highest BCUT2D eigenvalue weighted by Crippen LogP contribution is 2.65. The van der Waals surface area contributed by atoms with Crippen LogP contribution in [-0.2, 0) is 22.4 Å². The number of Topliss-reactive ketones (excluding diaryl/α,β-unsaturated/α-hetero) is 2. The van der Waals surface area contributed by atoms with Crippen molar-refractivity contribution in [1.82, 2.24) is 19.6 Å². The summed E-state index contributed by atoms with van der Waals surface area (Å²) in [5, 5.41) is 0. The number of nitrogens with zero attached hydrogens (tertiary/aromatic N) is 4. The Hall–Kier alpha value is -4.24. The second-order valence-electron chi connectivity index (χ2n) is 25.5. The van der Waals surface area contributed by atoms with Crippen LogP contribution in [0.1, 0.15) is 174 Å². The Morgan fingerprint density at radius 2 is 0.816 bits per heavy atom. The number of carbonyl (C=O) groups excluding carboxylic acids is 4. The van der Waals surface area contributed by atoms with Crippen LogP contribution in [0.15, 0.2) is 54.5 Å². The molecule has 2 aromatic rings. The lowest BCUT2D eigenvalue weighted by atomic mass is 9.54. The molecule has 14 heteroatoms. The maximum absolute atomic E-state index is 13.9. The van der Waals surface area contributed by atoms with Gasteiger partial charge in [0.15, 0.2) is 34.6 Å². The van der Waals surface area contributed by atoms with E-state index in [1.165, 1.54) is 0 Å². The van der Waals surface area contributed by atoms with E-state index in [0.717, 1.165) is 153 Å². The number of carbonyl (C=O) groups is 4. The van der Waals surface area contributed by atoms with Gasteiger partial charge >= 0.3 is 0 Å². The molecule has 408 valence electrons. The number of amides is 2. The lowest BCUT2D eigenvalue weighted by Crippen LogP contribution is -2.62. The SMILES string of the molecule is CC1=CC(C)=C(CN2CCc3c(Br)c4c(c(C)c3C2=O)O[C@@](C)(C23CCC(N(C)C)(CC2)CC3)O4)C(=O)C1.CC1=CC(C)=C(CN2CCc3c(Br)c4c(c(C)c3C2=O)O[C@](C)(C23CCC(N(C)C)(CC2)CC3)O4)C(=O)C1. The van der Waals surface area contributed by atoms with E-state index < -0.39 is 11.6 Å². The first-order valence-electron chi connectivity index (χ1n) is 28.0. The second-order valence-corrected chi connectivity index (χ2v) is 27.0. The van der Waals surface area contributed by atoms with E-state index in [1.807, 2.05) is 51.3 Å². The van der Waals surface area contributed by atoms with Crippen molar-refractivity contribution < 1.29 is 38.1 Å². The molecule has 4 bridgehead atoms. The molecule has 6 fully saturated rings. The van der Waals surface area contributed by atoms with Gasteiger partial charge in [0.1, 0.15) is 0 Å². The van der Waals surface area contributed by atoms with E-state index in [9.17, 15) is 19.2 Å². The highest BCUT2D eigenvalue weighted by Gasteiger charge is 2.64. The number of fused-ring (bicyclic) bond motifs is 10. The molecule has 2 atom stereocenters. The number of benzene rings is 2. The Labute approximate surface area is 467 Å². The summed E-state index contributed by atoms with van der Waals surface area (Å²) in [6.07, 6.45) is 19.8. The van der Waals surface area contributed by atoms with Crippen molar-refractivity contribution in [3.8, 4) is 23.0 Å². The summed E-state index contributed by atoms with van der Waals surface area (Å²) in [7, 11) is 8.85. The number of rotatable bonds is 8. The van der Waals surface area contributed by atoms with Crippen LogP contribution in [0.25, 0.3) is 0 Å². The predicted octanol–water partition coefficient (Wildman–Crippen LogP) is 12.3. The Kier molecular flexibility index (Phi) is 13.2. The summed E-state index contributed by atoms with van der Waals surface area (Å²) in [5.41, 5.74) is 11.2. The van der Waals surface area contributed by atoms with Crippen LogP contribution in [0.3, 0.4) is 0 Å².